The number of hydrogen-bond donors (Lipinski definition) is 0. The fourth-order valence-electron chi connectivity index (χ4n) is 0.445. The van der Waals surface area contributed by atoms with E-state index in [0.717, 1.165) is 0 Å². The van der Waals surface area contributed by atoms with Gasteiger partial charge >= 0.3 is 43.9 Å². The van der Waals surface area contributed by atoms with Crippen molar-refractivity contribution in [2.45, 2.75) is 38.8 Å². The van der Waals surface area contributed by atoms with Crippen molar-refractivity contribution in [2.24, 2.45) is 0 Å². The number of carbonyl (C=O) groups is 1. The quantitative estimate of drug-likeness (QED) is 0.371. The molecule has 0 heterocycles. The molecule has 0 aromatic heterocycles. The first-order valence-corrected chi connectivity index (χ1v) is 6.34. The number of carboxylic acid groups (broad SMARTS) is 1. The number of terminal acetylenes is 1. The molecule has 0 spiro atoms. The zero-order chi connectivity index (χ0) is 18.6. The summed E-state index contributed by atoms with van der Waals surface area (Å²) in [7, 11) is 7.62. The van der Waals surface area contributed by atoms with E-state index >= 15 is 0 Å². The Morgan fingerprint density at radius 2 is 1.21 bits per heavy atom. The molecule has 0 aliphatic carbocycles. The number of hydrogen-bond acceptors (Lipinski definition) is 6. The Bertz CT molecular complexity index is 479. The third-order valence-corrected chi connectivity index (χ3v) is 3.06. The van der Waals surface area contributed by atoms with Gasteiger partial charge in [0.05, 0.1) is 11.1 Å². The maximum Gasteiger partial charge on any atom is 1.00 e. The number of aliphatic carboxylic acids is 1. The molecular weight excluding hydrogens is 298 g/mol. The van der Waals surface area contributed by atoms with Crippen LogP contribution in [0.2, 0.25) is 0 Å². The second-order valence-corrected chi connectivity index (χ2v) is 5.67. The first-order valence-electron chi connectivity index (χ1n) is 6.34. The molecule has 6 nitrogen and oxygen atoms in total. The first-order chi connectivity index (χ1) is 9.78. The maximum atomic E-state index is 9.97. The molecular formula is C16H25Li2N2O4+. The van der Waals surface area contributed by atoms with Crippen molar-refractivity contribution in [3.8, 4) is 24.2 Å². The van der Waals surface area contributed by atoms with Crippen LogP contribution in [0.4, 0.5) is 0 Å². The van der Waals surface area contributed by atoms with E-state index in [-0.39, 0.29) is 49.4 Å². The number of carbonyl (C=O) groups excluding carboxylic acids is 3. The standard InChI is InChI=1S/C8H13NO2.C7H13N.CO2.2Li/c1-8(2,9(3)4)6-5-7(10)11;1-6-7(2,3)8(4)5;2-1-3;;/h1-4H3,(H,10,11);1H,2-5H3;;;/q;;;2*+1/p-1. The van der Waals surface area contributed by atoms with Crippen molar-refractivity contribution >= 4 is 12.1 Å². The molecule has 0 aromatic carbocycles. The van der Waals surface area contributed by atoms with E-state index in [1.807, 2.05) is 71.6 Å². The van der Waals surface area contributed by atoms with Crippen LogP contribution in [0.15, 0.2) is 0 Å². The average molecular weight is 323 g/mol. The van der Waals surface area contributed by atoms with E-state index in [9.17, 15) is 9.90 Å². The fourth-order valence-corrected chi connectivity index (χ4v) is 0.445. The molecule has 0 saturated carbocycles. The van der Waals surface area contributed by atoms with Gasteiger partial charge in [-0.1, -0.05) is 11.8 Å². The first kappa shape index (κ1) is 34.4. The maximum absolute atomic E-state index is 9.97. The normalized spacial score (nSPS) is 9.04. The van der Waals surface area contributed by atoms with Gasteiger partial charge in [-0.3, -0.25) is 9.80 Å². The Kier molecular flexibility index (Phi) is 24.3. The van der Waals surface area contributed by atoms with Gasteiger partial charge in [-0.05, 0) is 61.8 Å². The molecule has 0 aromatic rings. The number of carboxylic acids is 1. The Morgan fingerprint density at radius 1 is 0.917 bits per heavy atom. The van der Waals surface area contributed by atoms with E-state index in [4.69, 9.17) is 16.0 Å². The van der Waals surface area contributed by atoms with Crippen LogP contribution in [-0.2, 0) is 14.4 Å². The average Bonchev–Trinajstić information content (AvgIpc) is 2.38. The van der Waals surface area contributed by atoms with Gasteiger partial charge in [0.1, 0.15) is 5.97 Å². The van der Waals surface area contributed by atoms with Gasteiger partial charge in [0.15, 0.2) is 0 Å². The number of rotatable bonds is 2. The summed E-state index contributed by atoms with van der Waals surface area (Å²) in [6.07, 6.45) is 5.47. The Morgan fingerprint density at radius 3 is 1.33 bits per heavy atom. The third-order valence-electron chi connectivity index (χ3n) is 3.06. The summed E-state index contributed by atoms with van der Waals surface area (Å²) >= 11 is 0. The van der Waals surface area contributed by atoms with Gasteiger partial charge in [0, 0.05) is 0 Å². The van der Waals surface area contributed by atoms with Gasteiger partial charge in [-0.25, -0.2) is 0 Å². The van der Waals surface area contributed by atoms with Gasteiger partial charge in [0.2, 0.25) is 0 Å². The molecule has 124 valence electrons. The Hall–Kier alpha value is -0.915. The third kappa shape index (κ3) is 21.1. The predicted molar refractivity (Wildman–Crippen MR) is 82.2 cm³/mol. The summed E-state index contributed by atoms with van der Waals surface area (Å²) in [6, 6.07) is 0. The second kappa shape index (κ2) is 16.9. The van der Waals surface area contributed by atoms with Gasteiger partial charge < -0.3 is 9.90 Å². The van der Waals surface area contributed by atoms with Crippen molar-refractivity contribution in [3.63, 3.8) is 0 Å². The van der Waals surface area contributed by atoms with Crippen molar-refractivity contribution in [1.29, 1.82) is 0 Å². The molecule has 0 N–H and O–H groups in total. The molecule has 0 aliphatic heterocycles. The summed E-state index contributed by atoms with van der Waals surface area (Å²) in [5, 5.41) is 9.97. The summed E-state index contributed by atoms with van der Waals surface area (Å²) in [4.78, 5) is 30.1. The van der Waals surface area contributed by atoms with E-state index in [2.05, 4.69) is 11.8 Å². The predicted octanol–water partition coefficient (Wildman–Crippen LogP) is -6.54. The summed E-state index contributed by atoms with van der Waals surface area (Å²) < 4.78 is 0. The van der Waals surface area contributed by atoms with E-state index in [1.54, 1.807) is 0 Å². The van der Waals surface area contributed by atoms with Crippen LogP contribution in [0.5, 0.6) is 0 Å². The molecule has 0 bridgehead atoms. The van der Waals surface area contributed by atoms with Crippen molar-refractivity contribution < 1.29 is 57.2 Å². The fraction of sp³-hybridized carbons (Fsp3) is 0.625. The smallest absolute Gasteiger partial charge is 0.537 e. The molecule has 0 aliphatic rings. The van der Waals surface area contributed by atoms with Crippen molar-refractivity contribution in [2.75, 3.05) is 28.2 Å². The van der Waals surface area contributed by atoms with Crippen molar-refractivity contribution in [3.05, 3.63) is 0 Å². The minimum absolute atomic E-state index is 0. The Balaban J connectivity index is -0.0000000825. The van der Waals surface area contributed by atoms with Crippen LogP contribution in [0.1, 0.15) is 27.7 Å². The van der Waals surface area contributed by atoms with E-state index in [1.165, 1.54) is 0 Å². The van der Waals surface area contributed by atoms with E-state index in [0.29, 0.717) is 0 Å². The minimum Gasteiger partial charge on any atom is -0.537 e. The monoisotopic (exact) mass is 323 g/mol. The summed E-state index contributed by atoms with van der Waals surface area (Å²) in [5.74, 6) is 5.89. The van der Waals surface area contributed by atoms with Crippen LogP contribution in [0.3, 0.4) is 0 Å². The molecule has 0 rings (SSSR count). The molecule has 0 saturated heterocycles. The zero-order valence-electron chi connectivity index (χ0n) is 16.6. The molecule has 24 heavy (non-hydrogen) atoms. The molecule has 8 heteroatoms. The largest absolute Gasteiger partial charge is 1.00 e. The van der Waals surface area contributed by atoms with Gasteiger partial charge in [-0.2, -0.15) is 9.59 Å². The molecule has 0 amide bonds. The van der Waals surface area contributed by atoms with Gasteiger partial charge in [0.25, 0.3) is 0 Å². The minimum atomic E-state index is -1.33. The second-order valence-electron chi connectivity index (χ2n) is 5.67. The zero-order valence-corrected chi connectivity index (χ0v) is 16.6. The molecule has 0 unspecified atom stereocenters. The van der Waals surface area contributed by atoms with Gasteiger partial charge in [-0.15, -0.1) is 6.42 Å². The molecule has 0 fully saturated rings. The van der Waals surface area contributed by atoms with Crippen LogP contribution in [-0.4, -0.2) is 61.2 Å². The SMILES string of the molecule is C#CC(C)(C)N(C)C.CN(C)C(C)(C)C#CC(=O)[O-].O=C=O.[Li+].[Li+]. The molecule has 0 radical (unpaired) electrons. The van der Waals surface area contributed by atoms with Crippen LogP contribution < -0.4 is 42.8 Å². The summed E-state index contributed by atoms with van der Waals surface area (Å²) in [6.45, 7) is 7.69. The summed E-state index contributed by atoms with van der Waals surface area (Å²) in [5.41, 5.74) is -0.514. The van der Waals surface area contributed by atoms with Crippen LogP contribution in [0, 0.1) is 24.2 Å². The molecule has 0 atom stereocenters. The number of nitrogens with zero attached hydrogens (tertiary/aromatic N) is 2. The topological polar surface area (TPSA) is 80.8 Å². The van der Waals surface area contributed by atoms with Crippen LogP contribution in [0.25, 0.3) is 0 Å². The van der Waals surface area contributed by atoms with Crippen molar-refractivity contribution in [1.82, 2.24) is 9.80 Å². The Labute approximate surface area is 170 Å². The van der Waals surface area contributed by atoms with E-state index < -0.39 is 11.5 Å². The van der Waals surface area contributed by atoms with Crippen LogP contribution >= 0.6 is 0 Å².